The molecule has 1 atom stereocenters. The van der Waals surface area contributed by atoms with Gasteiger partial charge >= 0.3 is 0 Å². The zero-order chi connectivity index (χ0) is 25.7. The Hall–Kier alpha value is -4.98. The van der Waals surface area contributed by atoms with Crippen molar-refractivity contribution in [3.8, 4) is 11.8 Å². The molecular weight excluding hydrogens is 470 g/mol. The highest BCUT2D eigenvalue weighted by Gasteiger charge is 2.31. The lowest BCUT2D eigenvalue weighted by atomic mass is 10.1. The van der Waals surface area contributed by atoms with Crippen LogP contribution in [0.1, 0.15) is 59.2 Å². The Morgan fingerprint density at radius 3 is 2.84 bits per heavy atom. The molecule has 0 radical (unpaired) electrons. The van der Waals surface area contributed by atoms with Crippen molar-refractivity contribution in [1.82, 2.24) is 39.2 Å². The molecule has 3 N–H and O–H groups in total. The average molecular weight is 494 g/mol. The molecule has 1 aliphatic rings. The second-order valence-corrected chi connectivity index (χ2v) is 9.07. The lowest BCUT2D eigenvalue weighted by Crippen LogP contribution is -2.34. The minimum Gasteiger partial charge on any atom is -0.381 e. The van der Waals surface area contributed by atoms with Crippen molar-refractivity contribution in [3.63, 3.8) is 0 Å². The second kappa shape index (κ2) is 8.60. The zero-order valence-electron chi connectivity index (χ0n) is 20.2. The molecule has 1 aromatic carbocycles. The van der Waals surface area contributed by atoms with Gasteiger partial charge < -0.3 is 11.1 Å². The molecule has 4 aromatic heterocycles. The van der Waals surface area contributed by atoms with Crippen LogP contribution < -0.4 is 16.6 Å². The van der Waals surface area contributed by atoms with Crippen LogP contribution in [-0.2, 0) is 7.05 Å². The molecule has 0 bridgehead atoms. The highest BCUT2D eigenvalue weighted by atomic mass is 16.2. The van der Waals surface area contributed by atoms with E-state index >= 15 is 0 Å². The van der Waals surface area contributed by atoms with Gasteiger partial charge in [0.25, 0.3) is 11.5 Å². The third-order valence-corrected chi connectivity index (χ3v) is 6.30. The van der Waals surface area contributed by atoms with Crippen LogP contribution in [0.4, 0.5) is 5.82 Å². The number of anilines is 1. The Bertz CT molecular complexity index is 1810. The number of aromatic nitrogens is 7. The van der Waals surface area contributed by atoms with Crippen LogP contribution in [0.2, 0.25) is 0 Å². The molecule has 5 aromatic rings. The summed E-state index contributed by atoms with van der Waals surface area (Å²) in [4.78, 5) is 36.1. The predicted octanol–water partition coefficient (Wildman–Crippen LogP) is 1.98. The molecule has 1 amide bonds. The topological polar surface area (TPSA) is 138 Å². The van der Waals surface area contributed by atoms with Gasteiger partial charge in [-0.25, -0.2) is 14.5 Å². The molecular formula is C26H23N9O2. The molecule has 1 fully saturated rings. The molecule has 1 aliphatic carbocycles. The van der Waals surface area contributed by atoms with Crippen molar-refractivity contribution < 1.29 is 4.79 Å². The lowest BCUT2D eigenvalue weighted by molar-refractivity contribution is 0.0939. The predicted molar refractivity (Wildman–Crippen MR) is 137 cm³/mol. The summed E-state index contributed by atoms with van der Waals surface area (Å²) in [5.74, 6) is 6.30. The molecule has 0 saturated heterocycles. The van der Waals surface area contributed by atoms with Gasteiger partial charge in [-0.3, -0.25) is 18.8 Å². The molecule has 6 rings (SSSR count). The Morgan fingerprint density at radius 1 is 1.24 bits per heavy atom. The number of nitrogens with zero attached hydrogens (tertiary/aromatic N) is 7. The lowest BCUT2D eigenvalue weighted by Gasteiger charge is -2.19. The summed E-state index contributed by atoms with van der Waals surface area (Å²) in [5, 5.41) is 11.7. The van der Waals surface area contributed by atoms with Crippen LogP contribution in [0.3, 0.4) is 0 Å². The second-order valence-electron chi connectivity index (χ2n) is 9.07. The van der Waals surface area contributed by atoms with Crippen molar-refractivity contribution in [2.75, 3.05) is 5.73 Å². The number of benzene rings is 1. The van der Waals surface area contributed by atoms with E-state index in [1.807, 2.05) is 25.4 Å². The van der Waals surface area contributed by atoms with Gasteiger partial charge in [0.15, 0.2) is 11.5 Å². The van der Waals surface area contributed by atoms with Gasteiger partial charge in [-0.1, -0.05) is 17.9 Å². The molecule has 184 valence electrons. The molecule has 11 nitrogen and oxygen atoms in total. The van der Waals surface area contributed by atoms with E-state index in [1.165, 1.54) is 4.52 Å². The number of carbonyl (C=O) groups excluding carboxylic acids is 1. The number of nitrogens with two attached hydrogens (primary N) is 1. The minimum absolute atomic E-state index is 0.0294. The van der Waals surface area contributed by atoms with Crippen molar-refractivity contribution in [1.29, 1.82) is 0 Å². The summed E-state index contributed by atoms with van der Waals surface area (Å²) in [5.41, 5.74) is 8.26. The van der Waals surface area contributed by atoms with Crippen LogP contribution in [0.25, 0.3) is 16.6 Å². The van der Waals surface area contributed by atoms with E-state index in [2.05, 4.69) is 32.3 Å². The first-order chi connectivity index (χ1) is 17.9. The van der Waals surface area contributed by atoms with Gasteiger partial charge in [-0.15, -0.1) is 5.10 Å². The Labute approximate surface area is 211 Å². The number of aryl methyl sites for hydroxylation is 1. The standard InChI is InChI=1S/C26H23N9O2/c1-15(30-25(36)21-22(27)32-34-12-4-11-28-24(21)34)23-31-19-6-3-5-17(8-7-16-13-29-33(2)14-16)20(19)26(37)35(23)18-9-10-18/h3-6,11-15,18H,9-10H2,1-2H3,(H2,27,32)(H,30,36)/t15-/m1/s1. The summed E-state index contributed by atoms with van der Waals surface area (Å²) >= 11 is 0. The van der Waals surface area contributed by atoms with Crippen molar-refractivity contribution in [2.45, 2.75) is 31.8 Å². The molecule has 0 unspecified atom stereocenters. The number of fused-ring (bicyclic) bond motifs is 2. The number of hydrogen-bond donors (Lipinski definition) is 2. The Morgan fingerprint density at radius 2 is 2.08 bits per heavy atom. The summed E-state index contributed by atoms with van der Waals surface area (Å²) < 4.78 is 4.82. The maximum Gasteiger partial charge on any atom is 0.262 e. The molecule has 11 heteroatoms. The normalized spacial score (nSPS) is 13.9. The fourth-order valence-electron chi connectivity index (χ4n) is 4.44. The largest absolute Gasteiger partial charge is 0.381 e. The van der Waals surface area contributed by atoms with Gasteiger partial charge in [0, 0.05) is 37.2 Å². The number of nitrogens with one attached hydrogen (secondary N) is 1. The number of amides is 1. The van der Waals surface area contributed by atoms with Crippen molar-refractivity contribution in [2.24, 2.45) is 7.05 Å². The van der Waals surface area contributed by atoms with Crippen molar-refractivity contribution >= 4 is 28.3 Å². The van der Waals surface area contributed by atoms with Crippen molar-refractivity contribution in [3.05, 3.63) is 81.9 Å². The third kappa shape index (κ3) is 3.98. The van der Waals surface area contributed by atoms with Crippen LogP contribution in [0.5, 0.6) is 0 Å². The van der Waals surface area contributed by atoms with Gasteiger partial charge in [0.2, 0.25) is 0 Å². The van der Waals surface area contributed by atoms with Gasteiger partial charge in [-0.05, 0) is 38.0 Å². The Balaban J connectivity index is 1.41. The van der Waals surface area contributed by atoms with Gasteiger partial charge in [0.1, 0.15) is 11.4 Å². The highest BCUT2D eigenvalue weighted by Crippen LogP contribution is 2.36. The first-order valence-electron chi connectivity index (χ1n) is 11.9. The smallest absolute Gasteiger partial charge is 0.262 e. The zero-order valence-corrected chi connectivity index (χ0v) is 20.2. The van der Waals surface area contributed by atoms with Crippen LogP contribution in [0, 0.1) is 11.8 Å². The van der Waals surface area contributed by atoms with Gasteiger partial charge in [0.05, 0.1) is 28.7 Å². The maximum absolute atomic E-state index is 13.8. The monoisotopic (exact) mass is 493 g/mol. The first kappa shape index (κ1) is 22.5. The maximum atomic E-state index is 13.8. The fraction of sp³-hybridized carbons (Fsp3) is 0.231. The van der Waals surface area contributed by atoms with E-state index in [1.54, 1.807) is 46.9 Å². The molecule has 37 heavy (non-hydrogen) atoms. The quantitative estimate of drug-likeness (QED) is 0.365. The molecule has 0 spiro atoms. The highest BCUT2D eigenvalue weighted by molar-refractivity contribution is 6.04. The minimum atomic E-state index is -0.576. The number of carbonyl (C=O) groups is 1. The summed E-state index contributed by atoms with van der Waals surface area (Å²) in [6.07, 6.45) is 8.47. The average Bonchev–Trinajstić information content (AvgIpc) is 3.53. The summed E-state index contributed by atoms with van der Waals surface area (Å²) in [6.45, 7) is 1.80. The van der Waals surface area contributed by atoms with E-state index in [0.717, 1.165) is 18.4 Å². The number of nitrogen functional groups attached to an aromatic ring is 1. The van der Waals surface area contributed by atoms with Crippen LogP contribution >= 0.6 is 0 Å². The number of hydrogen-bond acceptors (Lipinski definition) is 7. The van der Waals surface area contributed by atoms with Crippen LogP contribution in [0.15, 0.2) is 53.8 Å². The summed E-state index contributed by atoms with van der Waals surface area (Å²) in [6, 6.07) is 6.58. The third-order valence-electron chi connectivity index (χ3n) is 6.30. The van der Waals surface area contributed by atoms with Gasteiger partial charge in [-0.2, -0.15) is 5.10 Å². The van der Waals surface area contributed by atoms with E-state index in [9.17, 15) is 9.59 Å². The first-order valence-corrected chi connectivity index (χ1v) is 11.9. The number of rotatable bonds is 4. The fourth-order valence-corrected chi connectivity index (χ4v) is 4.44. The van der Waals surface area contributed by atoms with E-state index < -0.39 is 11.9 Å². The Kier molecular flexibility index (Phi) is 5.22. The molecule has 0 aliphatic heterocycles. The molecule has 1 saturated carbocycles. The van der Waals surface area contributed by atoms with E-state index in [4.69, 9.17) is 10.7 Å². The van der Waals surface area contributed by atoms with E-state index in [0.29, 0.717) is 27.9 Å². The summed E-state index contributed by atoms with van der Waals surface area (Å²) in [7, 11) is 1.82. The molecule has 4 heterocycles. The van der Waals surface area contributed by atoms with E-state index in [-0.39, 0.29) is 23.0 Å². The SMILES string of the molecule is C[C@@H](NC(=O)c1c(N)nn2cccnc12)c1nc2cccc(C#Cc3cnn(C)c3)c2c(=O)n1C1CC1. The van der Waals surface area contributed by atoms with Crippen LogP contribution in [-0.4, -0.2) is 39.8 Å².